The molecule has 1 N–H and O–H groups in total. The van der Waals surface area contributed by atoms with Crippen molar-refractivity contribution < 1.29 is 23.9 Å². The molecule has 0 aliphatic carbocycles. The van der Waals surface area contributed by atoms with Crippen molar-refractivity contribution in [3.05, 3.63) is 21.9 Å². The van der Waals surface area contributed by atoms with E-state index in [2.05, 4.69) is 51.5 Å². The van der Waals surface area contributed by atoms with Crippen LogP contribution in [0.4, 0.5) is 0 Å². The largest absolute Gasteiger partial charge is 0.469 e. The molecule has 0 aliphatic rings. The van der Waals surface area contributed by atoms with Crippen molar-refractivity contribution in [2.45, 2.75) is 90.4 Å². The van der Waals surface area contributed by atoms with Crippen LogP contribution >= 0.6 is 11.3 Å². The van der Waals surface area contributed by atoms with Crippen LogP contribution in [0.25, 0.3) is 0 Å². The number of ether oxygens (including phenoxy) is 1. The summed E-state index contributed by atoms with van der Waals surface area (Å²) in [6.07, 6.45) is 0.814. The highest BCUT2D eigenvalue weighted by atomic mass is 32.1. The predicted molar refractivity (Wildman–Crippen MR) is 121 cm³/mol. The standard InChI is InChI=1S/C22H38O5SSi/c1-15(2)22(25,14-16(23)13-19(24)26-8)12-11-17-9-10-18(28-17)21(6,7)27-29-20(3,4)5/h9-10,15,25H,11-14,29H2,1-8H3. The monoisotopic (exact) mass is 442 g/mol. The maximum Gasteiger partial charge on any atom is 0.313 e. The Balaban J connectivity index is 2.77. The molecule has 5 nitrogen and oxygen atoms in total. The van der Waals surface area contributed by atoms with Gasteiger partial charge in [-0.2, -0.15) is 0 Å². The molecule has 0 saturated heterocycles. The van der Waals surface area contributed by atoms with Gasteiger partial charge in [0.25, 0.3) is 0 Å². The Bertz CT molecular complexity index is 690. The molecule has 1 unspecified atom stereocenters. The highest BCUT2D eigenvalue weighted by Gasteiger charge is 2.34. The molecule has 29 heavy (non-hydrogen) atoms. The molecule has 0 fully saturated rings. The predicted octanol–water partition coefficient (Wildman–Crippen LogP) is 4.14. The van der Waals surface area contributed by atoms with Crippen molar-refractivity contribution in [3.63, 3.8) is 0 Å². The molecule has 1 aromatic heterocycles. The summed E-state index contributed by atoms with van der Waals surface area (Å²) >= 11 is 1.70. The summed E-state index contributed by atoms with van der Waals surface area (Å²) in [7, 11) is 0.591. The second-order valence-corrected chi connectivity index (χ2v) is 13.7. The van der Waals surface area contributed by atoms with Gasteiger partial charge in [0.1, 0.15) is 12.2 Å². The van der Waals surface area contributed by atoms with Crippen molar-refractivity contribution in [1.82, 2.24) is 0 Å². The zero-order chi connectivity index (χ0) is 22.5. The maximum atomic E-state index is 12.2. The van der Waals surface area contributed by atoms with E-state index in [0.29, 0.717) is 12.8 Å². The molecule has 1 heterocycles. The minimum Gasteiger partial charge on any atom is -0.469 e. The molecule has 1 aromatic rings. The second-order valence-electron chi connectivity index (χ2n) is 9.85. The molecule has 166 valence electrons. The third-order valence-electron chi connectivity index (χ3n) is 5.07. The first-order valence-electron chi connectivity index (χ1n) is 10.2. The van der Waals surface area contributed by atoms with Gasteiger partial charge in [0.2, 0.25) is 0 Å². The van der Waals surface area contributed by atoms with Crippen LogP contribution in [0.3, 0.4) is 0 Å². The fourth-order valence-corrected chi connectivity index (χ4v) is 4.98. The Kier molecular flexibility index (Phi) is 9.27. The molecular formula is C22H38O5SSi. The fourth-order valence-electron chi connectivity index (χ4n) is 2.86. The Labute approximate surface area is 182 Å². The van der Waals surface area contributed by atoms with Gasteiger partial charge in [-0.25, -0.2) is 0 Å². The number of ketones is 1. The Morgan fingerprint density at radius 3 is 2.31 bits per heavy atom. The van der Waals surface area contributed by atoms with Crippen LogP contribution in [0.2, 0.25) is 5.04 Å². The van der Waals surface area contributed by atoms with E-state index in [4.69, 9.17) is 4.43 Å². The van der Waals surface area contributed by atoms with E-state index < -0.39 is 21.3 Å². The third kappa shape index (κ3) is 8.70. The number of thiophene rings is 1. The SMILES string of the molecule is COC(=O)CC(=O)CC(O)(CCc1ccc(C(C)(C)O[SiH2]C(C)(C)C)s1)C(C)C. The van der Waals surface area contributed by atoms with Crippen LogP contribution in [-0.4, -0.2) is 39.3 Å². The first-order valence-corrected chi connectivity index (χ1v) is 12.3. The van der Waals surface area contributed by atoms with Crippen molar-refractivity contribution in [2.24, 2.45) is 5.92 Å². The Morgan fingerprint density at radius 2 is 1.79 bits per heavy atom. The lowest BCUT2D eigenvalue weighted by Crippen LogP contribution is -2.38. The van der Waals surface area contributed by atoms with Gasteiger partial charge in [-0.1, -0.05) is 34.6 Å². The van der Waals surface area contributed by atoms with Gasteiger partial charge in [-0.15, -0.1) is 11.3 Å². The highest BCUT2D eigenvalue weighted by molar-refractivity contribution is 7.12. The van der Waals surface area contributed by atoms with Crippen molar-refractivity contribution in [1.29, 1.82) is 0 Å². The Hall–Kier alpha value is -1.02. The quantitative estimate of drug-likeness (QED) is 0.317. The summed E-state index contributed by atoms with van der Waals surface area (Å²) in [5.41, 5.74) is -1.45. The maximum absolute atomic E-state index is 12.2. The normalized spacial score (nSPS) is 15.1. The van der Waals surface area contributed by atoms with E-state index in [9.17, 15) is 14.7 Å². The number of aliphatic hydroxyl groups is 1. The van der Waals surface area contributed by atoms with Crippen LogP contribution in [0.1, 0.15) is 77.5 Å². The molecular weight excluding hydrogens is 404 g/mol. The topological polar surface area (TPSA) is 72.8 Å². The van der Waals surface area contributed by atoms with Gasteiger partial charge in [-0.05, 0) is 49.8 Å². The number of Topliss-reactive ketones (excluding diaryl/α,β-unsaturated/α-hetero) is 1. The molecule has 0 amide bonds. The number of carbonyl (C=O) groups is 2. The third-order valence-corrected chi connectivity index (χ3v) is 8.25. The van der Waals surface area contributed by atoms with E-state index in [0.717, 1.165) is 4.88 Å². The minimum atomic E-state index is -1.14. The summed E-state index contributed by atoms with van der Waals surface area (Å²) in [5.74, 6) is -0.951. The average Bonchev–Trinajstić information content (AvgIpc) is 3.07. The molecule has 0 aliphatic heterocycles. The molecule has 0 spiro atoms. The van der Waals surface area contributed by atoms with E-state index in [1.165, 1.54) is 12.0 Å². The van der Waals surface area contributed by atoms with Gasteiger partial charge >= 0.3 is 5.97 Å². The lowest BCUT2D eigenvalue weighted by molar-refractivity contribution is -0.144. The summed E-state index contributed by atoms with van der Waals surface area (Å²) in [4.78, 5) is 25.8. The first-order chi connectivity index (χ1) is 13.2. The number of aryl methyl sites for hydroxylation is 1. The average molecular weight is 443 g/mol. The second kappa shape index (κ2) is 10.3. The van der Waals surface area contributed by atoms with E-state index in [1.54, 1.807) is 11.3 Å². The van der Waals surface area contributed by atoms with Crippen LogP contribution in [0.5, 0.6) is 0 Å². The van der Waals surface area contributed by atoms with Gasteiger partial charge in [0.15, 0.2) is 9.76 Å². The van der Waals surface area contributed by atoms with Gasteiger partial charge in [0.05, 0.1) is 18.3 Å². The van der Waals surface area contributed by atoms with Gasteiger partial charge < -0.3 is 14.3 Å². The minimum absolute atomic E-state index is 0.0379. The number of hydrogen-bond acceptors (Lipinski definition) is 6. The molecule has 0 aromatic carbocycles. The highest BCUT2D eigenvalue weighted by Crippen LogP contribution is 2.35. The number of methoxy groups -OCH3 is 1. The molecule has 1 rings (SSSR count). The van der Waals surface area contributed by atoms with Crippen LogP contribution in [0, 0.1) is 5.92 Å². The summed E-state index contributed by atoms with van der Waals surface area (Å²) in [6.45, 7) is 14.7. The van der Waals surface area contributed by atoms with Crippen molar-refractivity contribution in [2.75, 3.05) is 7.11 Å². The van der Waals surface area contributed by atoms with E-state index >= 15 is 0 Å². The van der Waals surface area contributed by atoms with Crippen LogP contribution in [-0.2, 0) is 30.8 Å². The van der Waals surface area contributed by atoms with E-state index in [1.807, 2.05) is 13.8 Å². The fraction of sp³-hybridized carbons (Fsp3) is 0.727. The van der Waals surface area contributed by atoms with Crippen molar-refractivity contribution >= 4 is 32.9 Å². The molecule has 7 heteroatoms. The van der Waals surface area contributed by atoms with Crippen LogP contribution < -0.4 is 0 Å². The van der Waals surface area contributed by atoms with E-state index in [-0.39, 0.29) is 35.2 Å². The van der Waals surface area contributed by atoms with Gasteiger partial charge in [0, 0.05) is 16.2 Å². The zero-order valence-corrected chi connectivity index (χ0v) is 21.5. The molecule has 0 bridgehead atoms. The summed E-state index contributed by atoms with van der Waals surface area (Å²) in [6, 6.07) is 4.19. The first kappa shape index (κ1) is 26.0. The molecule has 0 radical (unpaired) electrons. The summed E-state index contributed by atoms with van der Waals surface area (Å²) < 4.78 is 10.8. The number of esters is 1. The number of hydrogen-bond donors (Lipinski definition) is 1. The lowest BCUT2D eigenvalue weighted by atomic mass is 9.81. The summed E-state index contributed by atoms with van der Waals surface area (Å²) in [5, 5.41) is 11.3. The van der Waals surface area contributed by atoms with Crippen molar-refractivity contribution in [3.8, 4) is 0 Å². The zero-order valence-electron chi connectivity index (χ0n) is 19.3. The number of rotatable bonds is 11. The molecule has 0 saturated carbocycles. The lowest BCUT2D eigenvalue weighted by Gasteiger charge is -2.31. The van der Waals surface area contributed by atoms with Crippen LogP contribution in [0.15, 0.2) is 12.1 Å². The van der Waals surface area contributed by atoms with Gasteiger partial charge in [-0.3, -0.25) is 9.59 Å². The molecule has 1 atom stereocenters. The Morgan fingerprint density at radius 1 is 1.17 bits per heavy atom. The number of carbonyl (C=O) groups excluding carboxylic acids is 2. The smallest absolute Gasteiger partial charge is 0.313 e.